The summed E-state index contributed by atoms with van der Waals surface area (Å²) in [6.45, 7) is 3.35. The second kappa shape index (κ2) is 6.86. The number of hydrogen-bond donors (Lipinski definition) is 2. The Morgan fingerprint density at radius 3 is 2.88 bits per heavy atom. The monoisotopic (exact) mass is 228 g/mol. The predicted octanol–water partition coefficient (Wildman–Crippen LogP) is 0.735. The molecule has 2 atom stereocenters. The fraction of sp³-hybridized carbons (Fsp3) is 0.917. The number of nitrogens with zero attached hydrogens (tertiary/aromatic N) is 1. The van der Waals surface area contributed by atoms with Crippen LogP contribution < -0.4 is 5.73 Å². The van der Waals surface area contributed by atoms with Crippen LogP contribution >= 0.6 is 0 Å². The van der Waals surface area contributed by atoms with Crippen molar-refractivity contribution in [1.82, 2.24) is 4.90 Å². The SMILES string of the molecule is CC(CCN)C(=O)N1CCCCCC1CO. The molecule has 0 aromatic rings. The summed E-state index contributed by atoms with van der Waals surface area (Å²) in [6, 6.07) is 0.0234. The molecule has 1 saturated heterocycles. The van der Waals surface area contributed by atoms with Crippen LogP contribution in [0, 0.1) is 5.92 Å². The van der Waals surface area contributed by atoms with E-state index in [4.69, 9.17) is 5.73 Å². The maximum atomic E-state index is 12.2. The number of likely N-dealkylation sites (tertiary alicyclic amines) is 1. The molecular weight excluding hydrogens is 204 g/mol. The molecule has 16 heavy (non-hydrogen) atoms. The zero-order valence-corrected chi connectivity index (χ0v) is 10.2. The Hall–Kier alpha value is -0.610. The highest BCUT2D eigenvalue weighted by Gasteiger charge is 2.27. The van der Waals surface area contributed by atoms with Gasteiger partial charge in [-0.3, -0.25) is 4.79 Å². The molecule has 1 amide bonds. The third-order valence-corrected chi connectivity index (χ3v) is 3.39. The van der Waals surface area contributed by atoms with Gasteiger partial charge in [0.1, 0.15) is 0 Å². The van der Waals surface area contributed by atoms with Crippen molar-refractivity contribution in [3.63, 3.8) is 0 Å². The predicted molar refractivity (Wildman–Crippen MR) is 63.9 cm³/mol. The van der Waals surface area contributed by atoms with Gasteiger partial charge in [0.2, 0.25) is 5.91 Å². The van der Waals surface area contributed by atoms with Crippen molar-refractivity contribution in [2.75, 3.05) is 19.7 Å². The maximum absolute atomic E-state index is 12.2. The van der Waals surface area contributed by atoms with E-state index in [9.17, 15) is 9.90 Å². The van der Waals surface area contributed by atoms with Crippen molar-refractivity contribution in [3.8, 4) is 0 Å². The zero-order chi connectivity index (χ0) is 12.0. The molecular formula is C12H24N2O2. The standard InChI is InChI=1S/C12H24N2O2/c1-10(6-7-13)12(16)14-8-4-2-3-5-11(14)9-15/h10-11,15H,2-9,13H2,1H3. The first-order chi connectivity index (χ1) is 7.70. The Labute approximate surface area is 97.8 Å². The lowest BCUT2D eigenvalue weighted by molar-refractivity contribution is -0.138. The minimum Gasteiger partial charge on any atom is -0.394 e. The molecule has 94 valence electrons. The van der Waals surface area contributed by atoms with Gasteiger partial charge in [-0.05, 0) is 25.8 Å². The van der Waals surface area contributed by atoms with Crippen LogP contribution in [0.25, 0.3) is 0 Å². The van der Waals surface area contributed by atoms with Crippen molar-refractivity contribution < 1.29 is 9.90 Å². The number of carbonyl (C=O) groups excluding carboxylic acids is 1. The van der Waals surface area contributed by atoms with Gasteiger partial charge >= 0.3 is 0 Å². The smallest absolute Gasteiger partial charge is 0.225 e. The topological polar surface area (TPSA) is 66.6 Å². The second-order valence-corrected chi connectivity index (χ2v) is 4.70. The normalized spacial score (nSPS) is 23.9. The Morgan fingerprint density at radius 2 is 2.25 bits per heavy atom. The first kappa shape index (κ1) is 13.5. The summed E-state index contributed by atoms with van der Waals surface area (Å²) in [6.07, 6.45) is 4.98. The van der Waals surface area contributed by atoms with Crippen LogP contribution in [0.2, 0.25) is 0 Å². The summed E-state index contributed by atoms with van der Waals surface area (Å²) in [7, 11) is 0. The van der Waals surface area contributed by atoms with E-state index in [0.29, 0.717) is 6.54 Å². The van der Waals surface area contributed by atoms with E-state index in [0.717, 1.165) is 38.6 Å². The minimum atomic E-state index is -0.0165. The third-order valence-electron chi connectivity index (χ3n) is 3.39. The van der Waals surface area contributed by atoms with Gasteiger partial charge in [-0.1, -0.05) is 19.8 Å². The van der Waals surface area contributed by atoms with E-state index in [-0.39, 0.29) is 24.5 Å². The number of amides is 1. The third kappa shape index (κ3) is 3.46. The average molecular weight is 228 g/mol. The van der Waals surface area contributed by atoms with Crippen LogP contribution in [0.3, 0.4) is 0 Å². The summed E-state index contributed by atoms with van der Waals surface area (Å²) in [4.78, 5) is 14.0. The summed E-state index contributed by atoms with van der Waals surface area (Å²) >= 11 is 0. The molecule has 0 saturated carbocycles. The van der Waals surface area contributed by atoms with Crippen LogP contribution in [0.1, 0.15) is 39.0 Å². The molecule has 4 heteroatoms. The summed E-state index contributed by atoms with van der Waals surface area (Å²) in [5, 5.41) is 9.33. The van der Waals surface area contributed by atoms with Crippen LogP contribution in [0.15, 0.2) is 0 Å². The number of aliphatic hydroxyl groups is 1. The molecule has 2 unspecified atom stereocenters. The van der Waals surface area contributed by atoms with Gasteiger partial charge in [-0.25, -0.2) is 0 Å². The largest absolute Gasteiger partial charge is 0.394 e. The van der Waals surface area contributed by atoms with E-state index in [1.54, 1.807) is 0 Å². The van der Waals surface area contributed by atoms with Crippen molar-refractivity contribution in [2.24, 2.45) is 11.7 Å². The van der Waals surface area contributed by atoms with Crippen molar-refractivity contribution in [3.05, 3.63) is 0 Å². The number of nitrogens with two attached hydrogens (primary N) is 1. The van der Waals surface area contributed by atoms with Gasteiger partial charge in [-0.15, -0.1) is 0 Å². The fourth-order valence-electron chi connectivity index (χ4n) is 2.31. The summed E-state index contributed by atoms with van der Waals surface area (Å²) < 4.78 is 0. The summed E-state index contributed by atoms with van der Waals surface area (Å²) in [5.41, 5.74) is 5.47. The lowest BCUT2D eigenvalue weighted by atomic mass is 10.0. The van der Waals surface area contributed by atoms with E-state index < -0.39 is 0 Å². The molecule has 0 radical (unpaired) electrons. The van der Waals surface area contributed by atoms with Gasteiger partial charge < -0.3 is 15.7 Å². The Bertz CT molecular complexity index is 221. The number of rotatable bonds is 4. The Kier molecular flexibility index (Phi) is 5.77. The summed E-state index contributed by atoms with van der Waals surface area (Å²) in [5.74, 6) is 0.142. The molecule has 0 bridgehead atoms. The molecule has 1 heterocycles. The molecule has 1 aliphatic heterocycles. The zero-order valence-electron chi connectivity index (χ0n) is 10.2. The molecule has 1 aliphatic rings. The van der Waals surface area contributed by atoms with Gasteiger partial charge in [0.25, 0.3) is 0 Å². The highest BCUT2D eigenvalue weighted by molar-refractivity contribution is 5.78. The molecule has 1 rings (SSSR count). The van der Waals surface area contributed by atoms with Crippen molar-refractivity contribution >= 4 is 5.91 Å². The van der Waals surface area contributed by atoms with Gasteiger partial charge in [0, 0.05) is 12.5 Å². The van der Waals surface area contributed by atoms with Crippen LogP contribution in [-0.2, 0) is 4.79 Å². The fourth-order valence-corrected chi connectivity index (χ4v) is 2.31. The highest BCUT2D eigenvalue weighted by Crippen LogP contribution is 2.19. The molecule has 0 aromatic carbocycles. The number of hydrogen-bond acceptors (Lipinski definition) is 3. The quantitative estimate of drug-likeness (QED) is 0.745. The average Bonchev–Trinajstić information content (AvgIpc) is 2.53. The van der Waals surface area contributed by atoms with Crippen molar-refractivity contribution in [1.29, 1.82) is 0 Å². The molecule has 1 fully saturated rings. The van der Waals surface area contributed by atoms with Gasteiger partial charge in [0.15, 0.2) is 0 Å². The first-order valence-electron chi connectivity index (χ1n) is 6.32. The molecule has 0 aliphatic carbocycles. The van der Waals surface area contributed by atoms with Crippen LogP contribution in [0.4, 0.5) is 0 Å². The van der Waals surface area contributed by atoms with E-state index in [2.05, 4.69) is 0 Å². The van der Waals surface area contributed by atoms with Crippen molar-refractivity contribution in [2.45, 2.75) is 45.1 Å². The molecule has 3 N–H and O–H groups in total. The van der Waals surface area contributed by atoms with E-state index in [1.165, 1.54) is 0 Å². The first-order valence-corrected chi connectivity index (χ1v) is 6.32. The molecule has 0 aromatic heterocycles. The number of carbonyl (C=O) groups is 1. The Morgan fingerprint density at radius 1 is 1.50 bits per heavy atom. The lowest BCUT2D eigenvalue weighted by Crippen LogP contribution is -2.44. The van der Waals surface area contributed by atoms with Gasteiger partial charge in [-0.2, -0.15) is 0 Å². The second-order valence-electron chi connectivity index (χ2n) is 4.70. The minimum absolute atomic E-state index is 0.0165. The molecule has 4 nitrogen and oxygen atoms in total. The number of aliphatic hydroxyl groups excluding tert-OH is 1. The highest BCUT2D eigenvalue weighted by atomic mass is 16.3. The maximum Gasteiger partial charge on any atom is 0.225 e. The van der Waals surface area contributed by atoms with E-state index in [1.807, 2.05) is 11.8 Å². The molecule has 0 spiro atoms. The van der Waals surface area contributed by atoms with Crippen LogP contribution in [-0.4, -0.2) is 41.7 Å². The van der Waals surface area contributed by atoms with E-state index >= 15 is 0 Å². The Balaban J connectivity index is 2.62. The van der Waals surface area contributed by atoms with Crippen LogP contribution in [0.5, 0.6) is 0 Å². The van der Waals surface area contributed by atoms with Gasteiger partial charge in [0.05, 0.1) is 12.6 Å². The lowest BCUT2D eigenvalue weighted by Gasteiger charge is -2.31.